The van der Waals surface area contributed by atoms with E-state index in [2.05, 4.69) is 14.9 Å². The number of hydrogen-bond acceptors (Lipinski definition) is 4. The van der Waals surface area contributed by atoms with Crippen LogP contribution in [0.3, 0.4) is 0 Å². The highest BCUT2D eigenvalue weighted by molar-refractivity contribution is 5.45. The summed E-state index contributed by atoms with van der Waals surface area (Å²) >= 11 is 0. The Balaban J connectivity index is 1.76. The van der Waals surface area contributed by atoms with Crippen molar-refractivity contribution in [2.24, 2.45) is 17.6 Å². The lowest BCUT2D eigenvalue weighted by Gasteiger charge is -2.19. The molecule has 2 heterocycles. The Kier molecular flexibility index (Phi) is 1.35. The molecule has 2 unspecified atom stereocenters. The average molecular weight is 176 g/mol. The lowest BCUT2D eigenvalue weighted by atomic mass is 10.3. The van der Waals surface area contributed by atoms with E-state index >= 15 is 0 Å². The maximum absolute atomic E-state index is 5.85. The first kappa shape index (κ1) is 7.26. The van der Waals surface area contributed by atoms with E-state index in [4.69, 9.17) is 5.73 Å². The molecule has 1 saturated carbocycles. The first-order valence-electron chi connectivity index (χ1n) is 4.62. The Morgan fingerprint density at radius 3 is 2.46 bits per heavy atom. The van der Waals surface area contributed by atoms with Crippen molar-refractivity contribution in [2.45, 2.75) is 6.04 Å². The van der Waals surface area contributed by atoms with Crippen LogP contribution in [0.1, 0.15) is 0 Å². The summed E-state index contributed by atoms with van der Waals surface area (Å²) in [6, 6.07) is 0.459. The van der Waals surface area contributed by atoms with Gasteiger partial charge in [0.05, 0.1) is 18.1 Å². The van der Waals surface area contributed by atoms with Crippen LogP contribution in [-0.4, -0.2) is 29.1 Å². The van der Waals surface area contributed by atoms with Crippen LogP contribution in [0, 0.1) is 11.8 Å². The minimum Gasteiger partial charge on any atom is -0.368 e. The van der Waals surface area contributed by atoms with Crippen molar-refractivity contribution in [1.82, 2.24) is 9.97 Å². The van der Waals surface area contributed by atoms with Gasteiger partial charge >= 0.3 is 0 Å². The summed E-state index contributed by atoms with van der Waals surface area (Å²) in [4.78, 5) is 10.3. The lowest BCUT2D eigenvalue weighted by molar-refractivity contribution is 0.740. The molecule has 0 amide bonds. The number of nitrogens with two attached hydrogens (primary N) is 1. The van der Waals surface area contributed by atoms with Gasteiger partial charge in [0.1, 0.15) is 6.33 Å². The molecule has 3 rings (SSSR count). The zero-order chi connectivity index (χ0) is 8.84. The Morgan fingerprint density at radius 1 is 1.23 bits per heavy atom. The second-order valence-corrected chi connectivity index (χ2v) is 3.91. The van der Waals surface area contributed by atoms with Gasteiger partial charge in [-0.25, -0.2) is 9.97 Å². The predicted octanol–water partition coefficient (Wildman–Crippen LogP) is -0.130. The minimum atomic E-state index is 0.459. The van der Waals surface area contributed by atoms with Gasteiger partial charge in [-0.3, -0.25) is 0 Å². The summed E-state index contributed by atoms with van der Waals surface area (Å²) in [7, 11) is 0. The van der Waals surface area contributed by atoms with Gasteiger partial charge in [-0.1, -0.05) is 0 Å². The van der Waals surface area contributed by atoms with Crippen LogP contribution in [0.4, 0.5) is 5.69 Å². The van der Waals surface area contributed by atoms with Gasteiger partial charge < -0.3 is 10.6 Å². The highest BCUT2D eigenvalue weighted by Gasteiger charge is 2.53. The molecule has 1 aliphatic heterocycles. The molecule has 2 fully saturated rings. The monoisotopic (exact) mass is 176 g/mol. The number of anilines is 1. The molecule has 68 valence electrons. The van der Waals surface area contributed by atoms with Crippen LogP contribution in [0.5, 0.6) is 0 Å². The summed E-state index contributed by atoms with van der Waals surface area (Å²) in [6.45, 7) is 2.17. The minimum absolute atomic E-state index is 0.459. The molecule has 0 bridgehead atoms. The van der Waals surface area contributed by atoms with Crippen LogP contribution in [-0.2, 0) is 0 Å². The van der Waals surface area contributed by atoms with Crippen molar-refractivity contribution in [3.8, 4) is 0 Å². The van der Waals surface area contributed by atoms with E-state index in [9.17, 15) is 0 Å². The number of piperidine rings is 1. The van der Waals surface area contributed by atoms with Crippen LogP contribution < -0.4 is 10.6 Å². The van der Waals surface area contributed by atoms with Gasteiger partial charge in [0.2, 0.25) is 0 Å². The molecule has 1 aromatic heterocycles. The molecule has 0 radical (unpaired) electrons. The van der Waals surface area contributed by atoms with E-state index in [0.29, 0.717) is 6.04 Å². The fraction of sp³-hybridized carbons (Fsp3) is 0.556. The van der Waals surface area contributed by atoms with Crippen molar-refractivity contribution in [3.05, 3.63) is 18.7 Å². The van der Waals surface area contributed by atoms with Crippen LogP contribution in [0.15, 0.2) is 18.7 Å². The zero-order valence-electron chi connectivity index (χ0n) is 7.30. The maximum Gasteiger partial charge on any atom is 0.115 e. The molecule has 2 atom stereocenters. The molecule has 1 aliphatic carbocycles. The topological polar surface area (TPSA) is 55.0 Å². The Bertz CT molecular complexity index is 301. The van der Waals surface area contributed by atoms with Gasteiger partial charge in [0.25, 0.3) is 0 Å². The molecule has 0 spiro atoms. The molecule has 1 saturated heterocycles. The standard InChI is InChI=1S/C9H12N4/c10-9-7-3-13(4-8(7)9)6-1-11-5-12-2-6/h1-2,5,7-9H,3-4,10H2. The summed E-state index contributed by atoms with van der Waals surface area (Å²) in [6.07, 6.45) is 5.29. The quantitative estimate of drug-likeness (QED) is 0.647. The molecule has 4 heteroatoms. The molecule has 13 heavy (non-hydrogen) atoms. The summed E-state index contributed by atoms with van der Waals surface area (Å²) in [5.74, 6) is 1.44. The molecule has 2 N–H and O–H groups in total. The number of aromatic nitrogens is 2. The van der Waals surface area contributed by atoms with Crippen LogP contribution in [0.25, 0.3) is 0 Å². The zero-order valence-corrected chi connectivity index (χ0v) is 7.30. The molecule has 4 nitrogen and oxygen atoms in total. The SMILES string of the molecule is NC1C2CN(c3cncnc3)CC12. The third-order valence-electron chi connectivity index (χ3n) is 3.17. The van der Waals surface area contributed by atoms with Crippen molar-refractivity contribution in [3.63, 3.8) is 0 Å². The van der Waals surface area contributed by atoms with Crippen molar-refractivity contribution >= 4 is 5.69 Å². The number of hydrogen-bond donors (Lipinski definition) is 1. The van der Waals surface area contributed by atoms with Crippen LogP contribution in [0.2, 0.25) is 0 Å². The predicted molar refractivity (Wildman–Crippen MR) is 49.2 cm³/mol. The number of fused-ring (bicyclic) bond motifs is 1. The maximum atomic E-state index is 5.85. The van der Waals surface area contributed by atoms with E-state index in [-0.39, 0.29) is 0 Å². The Labute approximate surface area is 76.8 Å². The Hall–Kier alpha value is -1.16. The van der Waals surface area contributed by atoms with Gasteiger partial charge in [-0.2, -0.15) is 0 Å². The number of rotatable bonds is 1. The largest absolute Gasteiger partial charge is 0.368 e. The Morgan fingerprint density at radius 2 is 1.85 bits per heavy atom. The highest BCUT2D eigenvalue weighted by Crippen LogP contribution is 2.44. The van der Waals surface area contributed by atoms with E-state index in [1.165, 1.54) is 0 Å². The molecule has 1 aromatic rings. The fourth-order valence-electron chi connectivity index (χ4n) is 2.24. The van der Waals surface area contributed by atoms with Crippen molar-refractivity contribution in [2.75, 3.05) is 18.0 Å². The van der Waals surface area contributed by atoms with E-state index in [0.717, 1.165) is 30.6 Å². The second-order valence-electron chi connectivity index (χ2n) is 3.91. The average Bonchev–Trinajstić information content (AvgIpc) is 2.67. The first-order valence-corrected chi connectivity index (χ1v) is 4.62. The molecular formula is C9H12N4. The van der Waals surface area contributed by atoms with E-state index < -0.39 is 0 Å². The van der Waals surface area contributed by atoms with E-state index in [1.807, 2.05) is 12.4 Å². The second kappa shape index (κ2) is 2.42. The van der Waals surface area contributed by atoms with E-state index in [1.54, 1.807) is 6.33 Å². The van der Waals surface area contributed by atoms with Gasteiger partial charge in [0, 0.05) is 19.1 Å². The number of nitrogens with zero attached hydrogens (tertiary/aromatic N) is 3. The van der Waals surface area contributed by atoms with Gasteiger partial charge in [0.15, 0.2) is 0 Å². The highest BCUT2D eigenvalue weighted by atomic mass is 15.2. The summed E-state index contributed by atoms with van der Waals surface area (Å²) in [5.41, 5.74) is 6.98. The smallest absolute Gasteiger partial charge is 0.115 e. The van der Waals surface area contributed by atoms with Crippen molar-refractivity contribution in [1.29, 1.82) is 0 Å². The molecule has 0 aromatic carbocycles. The molecule has 2 aliphatic rings. The lowest BCUT2D eigenvalue weighted by Crippen LogP contribution is -2.28. The normalized spacial score (nSPS) is 36.1. The molecular weight excluding hydrogens is 164 g/mol. The van der Waals surface area contributed by atoms with Crippen LogP contribution >= 0.6 is 0 Å². The third kappa shape index (κ3) is 1.02. The van der Waals surface area contributed by atoms with Crippen molar-refractivity contribution < 1.29 is 0 Å². The fourth-order valence-corrected chi connectivity index (χ4v) is 2.24. The summed E-state index contributed by atoms with van der Waals surface area (Å²) < 4.78 is 0. The van der Waals surface area contributed by atoms with Gasteiger partial charge in [-0.05, 0) is 11.8 Å². The first-order chi connectivity index (χ1) is 6.36. The van der Waals surface area contributed by atoms with Gasteiger partial charge in [-0.15, -0.1) is 0 Å². The third-order valence-corrected chi connectivity index (χ3v) is 3.17. The summed E-state index contributed by atoms with van der Waals surface area (Å²) in [5, 5.41) is 0.